The summed E-state index contributed by atoms with van der Waals surface area (Å²) in [6.07, 6.45) is 1.37. The lowest BCUT2D eigenvalue weighted by molar-refractivity contribution is -0.385. The first-order valence-electron chi connectivity index (χ1n) is 8.33. The fraction of sp³-hybridized carbons (Fsp3) is 0.368. The topological polar surface area (TPSA) is 66.6 Å². The molecule has 0 aliphatic carbocycles. The highest BCUT2D eigenvalue weighted by molar-refractivity contribution is 5.39. The first-order chi connectivity index (χ1) is 11.6. The van der Waals surface area contributed by atoms with Gasteiger partial charge < -0.3 is 5.11 Å². The second-order valence-corrected chi connectivity index (χ2v) is 6.35. The molecule has 5 nitrogen and oxygen atoms in total. The van der Waals surface area contributed by atoms with E-state index in [0.29, 0.717) is 6.54 Å². The number of para-hydroxylation sites is 1. The number of rotatable bonds is 5. The lowest BCUT2D eigenvalue weighted by Crippen LogP contribution is -2.35. The predicted molar refractivity (Wildman–Crippen MR) is 92.5 cm³/mol. The molecule has 3 rings (SSSR count). The Morgan fingerprint density at radius 2 is 1.71 bits per heavy atom. The normalized spacial score (nSPS) is 17.5. The van der Waals surface area contributed by atoms with Crippen molar-refractivity contribution in [1.82, 2.24) is 4.90 Å². The second-order valence-electron chi connectivity index (χ2n) is 6.35. The maximum atomic E-state index is 11.1. The smallest absolute Gasteiger partial charge is 0.273 e. The minimum absolute atomic E-state index is 0.184. The SMILES string of the molecule is O=[N+]([O-])c1ccccc1CN1CCC(C(O)c2ccccc2)CC1. The van der Waals surface area contributed by atoms with E-state index in [9.17, 15) is 15.2 Å². The molecule has 1 fully saturated rings. The number of nitro groups is 1. The van der Waals surface area contributed by atoms with Crippen LogP contribution >= 0.6 is 0 Å². The Morgan fingerprint density at radius 1 is 1.08 bits per heavy atom. The first-order valence-corrected chi connectivity index (χ1v) is 8.33. The Morgan fingerprint density at radius 3 is 2.38 bits per heavy atom. The Bertz CT molecular complexity index is 682. The molecule has 1 N–H and O–H groups in total. The third kappa shape index (κ3) is 3.80. The van der Waals surface area contributed by atoms with Gasteiger partial charge >= 0.3 is 0 Å². The number of aliphatic hydroxyl groups is 1. The monoisotopic (exact) mass is 326 g/mol. The largest absolute Gasteiger partial charge is 0.388 e. The van der Waals surface area contributed by atoms with Crippen molar-refractivity contribution in [2.75, 3.05) is 13.1 Å². The van der Waals surface area contributed by atoms with Crippen molar-refractivity contribution in [3.63, 3.8) is 0 Å². The molecule has 2 aromatic carbocycles. The van der Waals surface area contributed by atoms with Crippen molar-refractivity contribution in [3.8, 4) is 0 Å². The van der Waals surface area contributed by atoms with Crippen LogP contribution in [0.15, 0.2) is 54.6 Å². The highest BCUT2D eigenvalue weighted by Crippen LogP contribution is 2.31. The number of benzene rings is 2. The van der Waals surface area contributed by atoms with Crippen LogP contribution in [0.3, 0.4) is 0 Å². The average molecular weight is 326 g/mol. The molecule has 0 radical (unpaired) electrons. The summed E-state index contributed by atoms with van der Waals surface area (Å²) in [5.41, 5.74) is 1.91. The molecule has 1 aliphatic heterocycles. The molecule has 1 heterocycles. The van der Waals surface area contributed by atoms with Gasteiger partial charge in [0.15, 0.2) is 0 Å². The lowest BCUT2D eigenvalue weighted by atomic mass is 9.87. The van der Waals surface area contributed by atoms with Crippen molar-refractivity contribution in [3.05, 3.63) is 75.8 Å². The summed E-state index contributed by atoms with van der Waals surface area (Å²) < 4.78 is 0. The standard InChI is InChI=1S/C19H22N2O3/c22-19(15-6-2-1-3-7-15)16-10-12-20(13-11-16)14-17-8-4-5-9-18(17)21(23)24/h1-9,16,19,22H,10-14H2. The van der Waals surface area contributed by atoms with Crippen molar-refractivity contribution in [1.29, 1.82) is 0 Å². The summed E-state index contributed by atoms with van der Waals surface area (Å²) in [7, 11) is 0. The molecule has 1 unspecified atom stereocenters. The Labute approximate surface area is 141 Å². The first kappa shape index (κ1) is 16.6. The van der Waals surface area contributed by atoms with Gasteiger partial charge in [-0.2, -0.15) is 0 Å². The minimum Gasteiger partial charge on any atom is -0.388 e. The van der Waals surface area contributed by atoms with Crippen molar-refractivity contribution < 1.29 is 10.0 Å². The van der Waals surface area contributed by atoms with Gasteiger partial charge in [0, 0.05) is 18.2 Å². The van der Waals surface area contributed by atoms with Gasteiger partial charge in [-0.05, 0) is 37.4 Å². The van der Waals surface area contributed by atoms with Crippen molar-refractivity contribution in [2.24, 2.45) is 5.92 Å². The van der Waals surface area contributed by atoms with E-state index in [1.807, 2.05) is 42.5 Å². The molecule has 5 heteroatoms. The summed E-state index contributed by atoms with van der Waals surface area (Å²) in [5.74, 6) is 0.245. The molecule has 1 saturated heterocycles. The Hall–Kier alpha value is -2.24. The molecule has 0 saturated carbocycles. The number of nitrogens with zero attached hydrogens (tertiary/aromatic N) is 2. The van der Waals surface area contributed by atoms with Crippen LogP contribution in [0, 0.1) is 16.0 Å². The van der Waals surface area contributed by atoms with E-state index in [0.717, 1.165) is 37.1 Å². The van der Waals surface area contributed by atoms with Gasteiger partial charge in [0.05, 0.1) is 11.0 Å². The number of nitro benzene ring substituents is 1. The summed E-state index contributed by atoms with van der Waals surface area (Å²) in [4.78, 5) is 13.0. The van der Waals surface area contributed by atoms with Crippen molar-refractivity contribution >= 4 is 5.69 Å². The van der Waals surface area contributed by atoms with E-state index in [2.05, 4.69) is 4.90 Å². The zero-order valence-electron chi connectivity index (χ0n) is 13.5. The molecule has 126 valence electrons. The fourth-order valence-electron chi connectivity index (χ4n) is 3.41. The highest BCUT2D eigenvalue weighted by atomic mass is 16.6. The zero-order chi connectivity index (χ0) is 16.9. The number of piperidine rings is 1. The van der Waals surface area contributed by atoms with Crippen LogP contribution in [0.1, 0.15) is 30.1 Å². The van der Waals surface area contributed by atoms with E-state index in [1.165, 1.54) is 0 Å². The van der Waals surface area contributed by atoms with Crippen LogP contribution in [-0.4, -0.2) is 28.0 Å². The van der Waals surface area contributed by atoms with Crippen LogP contribution in [-0.2, 0) is 6.54 Å². The van der Waals surface area contributed by atoms with Crippen LogP contribution in [0.2, 0.25) is 0 Å². The van der Waals surface area contributed by atoms with Crippen LogP contribution in [0.25, 0.3) is 0 Å². The van der Waals surface area contributed by atoms with E-state index in [4.69, 9.17) is 0 Å². The molecule has 0 aromatic heterocycles. The van der Waals surface area contributed by atoms with E-state index < -0.39 is 6.10 Å². The third-order valence-corrected chi connectivity index (χ3v) is 4.80. The number of aliphatic hydroxyl groups excluding tert-OH is 1. The van der Waals surface area contributed by atoms with Gasteiger partial charge in [-0.3, -0.25) is 15.0 Å². The number of hydrogen-bond donors (Lipinski definition) is 1. The molecule has 0 bridgehead atoms. The summed E-state index contributed by atoms with van der Waals surface area (Å²) >= 11 is 0. The van der Waals surface area contributed by atoms with Crippen LogP contribution < -0.4 is 0 Å². The summed E-state index contributed by atoms with van der Waals surface area (Å²) in [6.45, 7) is 2.28. The second kappa shape index (κ2) is 7.55. The Balaban J connectivity index is 1.59. The number of likely N-dealkylation sites (tertiary alicyclic amines) is 1. The molecule has 1 aliphatic rings. The van der Waals surface area contributed by atoms with Crippen LogP contribution in [0.4, 0.5) is 5.69 Å². The van der Waals surface area contributed by atoms with Gasteiger partial charge in [0.1, 0.15) is 0 Å². The minimum atomic E-state index is -0.431. The molecule has 1 atom stereocenters. The number of hydrogen-bond acceptors (Lipinski definition) is 4. The summed E-state index contributed by atoms with van der Waals surface area (Å²) in [5, 5.41) is 21.6. The third-order valence-electron chi connectivity index (χ3n) is 4.80. The molecular weight excluding hydrogens is 304 g/mol. The maximum absolute atomic E-state index is 11.1. The predicted octanol–water partition coefficient (Wildman–Crippen LogP) is 3.54. The summed E-state index contributed by atoms with van der Waals surface area (Å²) in [6, 6.07) is 16.7. The molecule has 0 spiro atoms. The highest BCUT2D eigenvalue weighted by Gasteiger charge is 2.27. The van der Waals surface area contributed by atoms with E-state index in [-0.39, 0.29) is 16.5 Å². The van der Waals surface area contributed by atoms with Gasteiger partial charge in [-0.1, -0.05) is 48.5 Å². The molecule has 0 amide bonds. The van der Waals surface area contributed by atoms with Gasteiger partial charge in [0.25, 0.3) is 5.69 Å². The van der Waals surface area contributed by atoms with E-state index >= 15 is 0 Å². The van der Waals surface area contributed by atoms with Crippen molar-refractivity contribution in [2.45, 2.75) is 25.5 Å². The van der Waals surface area contributed by atoms with Gasteiger partial charge in [0.2, 0.25) is 0 Å². The molecular formula is C19H22N2O3. The Kier molecular flexibility index (Phi) is 5.23. The maximum Gasteiger partial charge on any atom is 0.273 e. The van der Waals surface area contributed by atoms with Crippen LogP contribution in [0.5, 0.6) is 0 Å². The fourth-order valence-corrected chi connectivity index (χ4v) is 3.41. The van der Waals surface area contributed by atoms with Gasteiger partial charge in [-0.25, -0.2) is 0 Å². The van der Waals surface area contributed by atoms with E-state index in [1.54, 1.807) is 12.1 Å². The van der Waals surface area contributed by atoms with Gasteiger partial charge in [-0.15, -0.1) is 0 Å². The lowest BCUT2D eigenvalue weighted by Gasteiger charge is -2.34. The zero-order valence-corrected chi connectivity index (χ0v) is 13.5. The molecule has 24 heavy (non-hydrogen) atoms. The average Bonchev–Trinajstić information content (AvgIpc) is 2.63. The molecule has 2 aromatic rings. The quantitative estimate of drug-likeness (QED) is 0.674.